The number of nitrogens with one attached hydrogen (secondary N) is 1. The molecule has 1 N–H and O–H groups in total. The number of aliphatic imine (C=N–C) groups is 1. The zero-order valence-corrected chi connectivity index (χ0v) is 14.9. The van der Waals surface area contributed by atoms with Gasteiger partial charge in [-0.25, -0.2) is 4.68 Å². The molecule has 2 aliphatic rings. The van der Waals surface area contributed by atoms with Gasteiger partial charge in [-0.1, -0.05) is 31.0 Å². The van der Waals surface area contributed by atoms with E-state index in [1.807, 2.05) is 30.2 Å². The third-order valence-corrected chi connectivity index (χ3v) is 5.67. The summed E-state index contributed by atoms with van der Waals surface area (Å²) in [6.45, 7) is 3.07. The molecule has 0 radical (unpaired) electrons. The second-order valence-electron chi connectivity index (χ2n) is 7.19. The lowest BCUT2D eigenvalue weighted by Crippen LogP contribution is -2.40. The monoisotopic (exact) mass is 337 g/mol. The minimum absolute atomic E-state index is 0.758. The number of guanidine groups is 1. The molecule has 1 saturated carbocycles. The molecule has 1 saturated heterocycles. The number of para-hydroxylation sites is 1. The predicted octanol–water partition coefficient (Wildman–Crippen LogP) is 3.07. The zero-order chi connectivity index (χ0) is 17.1. The highest BCUT2D eigenvalue weighted by molar-refractivity contribution is 5.80. The van der Waals surface area contributed by atoms with Crippen LogP contribution in [-0.4, -0.2) is 40.8 Å². The van der Waals surface area contributed by atoms with Gasteiger partial charge in [-0.3, -0.25) is 4.99 Å². The van der Waals surface area contributed by atoms with E-state index in [0.717, 1.165) is 43.1 Å². The highest BCUT2D eigenvalue weighted by Crippen LogP contribution is 2.35. The van der Waals surface area contributed by atoms with E-state index in [2.05, 4.69) is 44.6 Å². The van der Waals surface area contributed by atoms with Crippen LogP contribution in [-0.2, 0) is 6.54 Å². The Bertz CT molecular complexity index is 707. The molecular formula is C20H27N5. The van der Waals surface area contributed by atoms with Crippen molar-refractivity contribution in [3.8, 4) is 5.69 Å². The van der Waals surface area contributed by atoms with E-state index in [4.69, 9.17) is 0 Å². The third-order valence-electron chi connectivity index (χ3n) is 5.67. The summed E-state index contributed by atoms with van der Waals surface area (Å²) in [7, 11) is 1.89. The number of nitrogens with zero attached hydrogens (tertiary/aromatic N) is 4. The number of benzene rings is 1. The van der Waals surface area contributed by atoms with Crippen LogP contribution in [0.25, 0.3) is 5.69 Å². The van der Waals surface area contributed by atoms with Gasteiger partial charge in [0.05, 0.1) is 5.69 Å². The van der Waals surface area contributed by atoms with Crippen LogP contribution in [0.1, 0.15) is 31.2 Å². The van der Waals surface area contributed by atoms with E-state index in [1.54, 1.807) is 0 Å². The fraction of sp³-hybridized carbons (Fsp3) is 0.500. The summed E-state index contributed by atoms with van der Waals surface area (Å²) in [6, 6.07) is 10.4. The van der Waals surface area contributed by atoms with Crippen molar-refractivity contribution in [3.63, 3.8) is 0 Å². The number of aromatic nitrogens is 2. The summed E-state index contributed by atoms with van der Waals surface area (Å²) in [5.74, 6) is 2.76. The van der Waals surface area contributed by atoms with Crippen molar-refractivity contribution < 1.29 is 0 Å². The fourth-order valence-electron chi connectivity index (χ4n) is 4.38. The average molecular weight is 337 g/mol. The fourth-order valence-corrected chi connectivity index (χ4v) is 4.38. The van der Waals surface area contributed by atoms with Crippen molar-refractivity contribution >= 4 is 5.96 Å². The van der Waals surface area contributed by atoms with Crippen LogP contribution in [0.3, 0.4) is 0 Å². The van der Waals surface area contributed by atoms with E-state index in [-0.39, 0.29) is 0 Å². The summed E-state index contributed by atoms with van der Waals surface area (Å²) in [5.41, 5.74) is 2.34. The number of rotatable bonds is 3. The van der Waals surface area contributed by atoms with Gasteiger partial charge in [0.25, 0.3) is 0 Å². The van der Waals surface area contributed by atoms with Gasteiger partial charge in [-0.2, -0.15) is 5.10 Å². The molecule has 2 heterocycles. The lowest BCUT2D eigenvalue weighted by Gasteiger charge is -2.22. The topological polar surface area (TPSA) is 45.5 Å². The molecule has 2 fully saturated rings. The van der Waals surface area contributed by atoms with E-state index in [9.17, 15) is 0 Å². The van der Waals surface area contributed by atoms with Crippen LogP contribution < -0.4 is 5.32 Å². The molecule has 0 spiro atoms. The third kappa shape index (κ3) is 3.41. The molecule has 1 aromatic heterocycles. The molecule has 132 valence electrons. The largest absolute Gasteiger partial charge is 0.352 e. The Labute approximate surface area is 149 Å². The summed E-state index contributed by atoms with van der Waals surface area (Å²) >= 11 is 0. The second kappa shape index (κ2) is 7.30. The molecule has 1 aromatic carbocycles. The molecule has 2 aromatic rings. The van der Waals surface area contributed by atoms with Crippen molar-refractivity contribution in [2.45, 2.75) is 32.2 Å². The Morgan fingerprint density at radius 1 is 1.16 bits per heavy atom. The first-order valence-electron chi connectivity index (χ1n) is 9.38. The summed E-state index contributed by atoms with van der Waals surface area (Å²) < 4.78 is 1.92. The average Bonchev–Trinajstić information content (AvgIpc) is 3.32. The molecule has 25 heavy (non-hydrogen) atoms. The molecule has 5 nitrogen and oxygen atoms in total. The summed E-state index contributed by atoms with van der Waals surface area (Å²) in [6.07, 6.45) is 9.38. The maximum absolute atomic E-state index is 4.54. The van der Waals surface area contributed by atoms with Gasteiger partial charge in [0, 0.05) is 39.1 Å². The zero-order valence-electron chi connectivity index (χ0n) is 14.9. The molecular weight excluding hydrogens is 310 g/mol. The first-order valence-corrected chi connectivity index (χ1v) is 9.38. The Morgan fingerprint density at radius 3 is 2.60 bits per heavy atom. The molecule has 2 unspecified atom stereocenters. The van der Waals surface area contributed by atoms with Gasteiger partial charge in [0.1, 0.15) is 0 Å². The number of likely N-dealkylation sites (tertiary alicyclic amines) is 1. The smallest absolute Gasteiger partial charge is 0.193 e. The molecule has 4 rings (SSSR count). The van der Waals surface area contributed by atoms with Crippen LogP contribution >= 0.6 is 0 Å². The van der Waals surface area contributed by atoms with Crippen LogP contribution in [0.2, 0.25) is 0 Å². The van der Waals surface area contributed by atoms with E-state index < -0.39 is 0 Å². The first kappa shape index (κ1) is 16.2. The lowest BCUT2D eigenvalue weighted by atomic mass is 9.82. The van der Waals surface area contributed by atoms with Gasteiger partial charge >= 0.3 is 0 Å². The van der Waals surface area contributed by atoms with Crippen molar-refractivity contribution in [2.24, 2.45) is 16.8 Å². The van der Waals surface area contributed by atoms with E-state index in [0.29, 0.717) is 0 Å². The number of hydrogen-bond donors (Lipinski definition) is 1. The normalized spacial score (nSPS) is 23.6. The maximum Gasteiger partial charge on any atom is 0.193 e. The van der Waals surface area contributed by atoms with Crippen LogP contribution in [0, 0.1) is 11.8 Å². The van der Waals surface area contributed by atoms with Crippen molar-refractivity contribution in [2.75, 3.05) is 20.1 Å². The summed E-state index contributed by atoms with van der Waals surface area (Å²) in [4.78, 5) is 7.00. The molecule has 1 aliphatic heterocycles. The van der Waals surface area contributed by atoms with Gasteiger partial charge in [0.15, 0.2) is 5.96 Å². The Kier molecular flexibility index (Phi) is 4.72. The minimum atomic E-state index is 0.758. The van der Waals surface area contributed by atoms with Gasteiger partial charge < -0.3 is 10.2 Å². The standard InChI is InChI=1S/C20H27N5/c1-21-20(24-14-17-8-2-3-9-18(17)15-24)22-13-16-7-4-5-10-19(16)25-12-6-11-23-25/h4-7,10-12,17-18H,2-3,8-9,13-15H2,1H3,(H,21,22). The van der Waals surface area contributed by atoms with Crippen molar-refractivity contribution in [1.29, 1.82) is 0 Å². The summed E-state index contributed by atoms with van der Waals surface area (Å²) in [5, 5.41) is 7.94. The number of hydrogen-bond acceptors (Lipinski definition) is 2. The highest BCUT2D eigenvalue weighted by atomic mass is 15.3. The van der Waals surface area contributed by atoms with Crippen molar-refractivity contribution in [3.05, 3.63) is 48.3 Å². The molecule has 0 amide bonds. The molecule has 1 aliphatic carbocycles. The predicted molar refractivity (Wildman–Crippen MR) is 101 cm³/mol. The quantitative estimate of drug-likeness (QED) is 0.691. The van der Waals surface area contributed by atoms with Crippen LogP contribution in [0.15, 0.2) is 47.7 Å². The second-order valence-corrected chi connectivity index (χ2v) is 7.19. The Balaban J connectivity index is 1.44. The molecule has 2 atom stereocenters. The van der Waals surface area contributed by atoms with E-state index >= 15 is 0 Å². The SMILES string of the molecule is CN=C(NCc1ccccc1-n1cccn1)N1CC2CCCCC2C1. The van der Waals surface area contributed by atoms with E-state index in [1.165, 1.54) is 31.2 Å². The molecule has 0 bridgehead atoms. The Hall–Kier alpha value is -2.30. The molecule has 5 heteroatoms. The lowest BCUT2D eigenvalue weighted by molar-refractivity contribution is 0.299. The highest BCUT2D eigenvalue weighted by Gasteiger charge is 2.35. The van der Waals surface area contributed by atoms with Gasteiger partial charge in [-0.15, -0.1) is 0 Å². The Morgan fingerprint density at radius 2 is 1.92 bits per heavy atom. The van der Waals surface area contributed by atoms with Gasteiger partial charge in [-0.05, 0) is 42.4 Å². The minimum Gasteiger partial charge on any atom is -0.352 e. The maximum atomic E-state index is 4.54. The first-order chi connectivity index (χ1) is 12.3. The van der Waals surface area contributed by atoms with Crippen molar-refractivity contribution in [1.82, 2.24) is 20.0 Å². The van der Waals surface area contributed by atoms with Crippen LogP contribution in [0.5, 0.6) is 0 Å². The number of fused-ring (bicyclic) bond motifs is 1. The van der Waals surface area contributed by atoms with Crippen LogP contribution in [0.4, 0.5) is 0 Å². The van der Waals surface area contributed by atoms with Gasteiger partial charge in [0.2, 0.25) is 0 Å².